The Morgan fingerprint density at radius 2 is 2.13 bits per heavy atom. The molecule has 82 valence electrons. The molecule has 1 atom stereocenters. The minimum Gasteiger partial charge on any atom is -0.464 e. The maximum absolute atomic E-state index is 13.4. The zero-order valence-corrected chi connectivity index (χ0v) is 8.59. The normalized spacial score (nSPS) is 12.3. The SMILES string of the molecule is CCOC(=O)C(F)c1cc(C)cc(F)c1. The first-order chi connectivity index (χ1) is 7.04. The lowest BCUT2D eigenvalue weighted by molar-refractivity contribution is -0.149. The van der Waals surface area contributed by atoms with Gasteiger partial charge in [0.15, 0.2) is 0 Å². The summed E-state index contributed by atoms with van der Waals surface area (Å²) < 4.78 is 30.9. The van der Waals surface area contributed by atoms with Gasteiger partial charge in [-0.2, -0.15) is 0 Å². The van der Waals surface area contributed by atoms with Crippen LogP contribution in [0, 0.1) is 12.7 Å². The molecule has 0 heterocycles. The average Bonchev–Trinajstić information content (AvgIpc) is 2.15. The highest BCUT2D eigenvalue weighted by molar-refractivity contribution is 5.76. The molecule has 0 saturated heterocycles. The summed E-state index contributed by atoms with van der Waals surface area (Å²) >= 11 is 0. The van der Waals surface area contributed by atoms with Crippen LogP contribution in [-0.4, -0.2) is 12.6 Å². The van der Waals surface area contributed by atoms with E-state index >= 15 is 0 Å². The monoisotopic (exact) mass is 214 g/mol. The summed E-state index contributed by atoms with van der Waals surface area (Å²) in [5.74, 6) is -1.54. The van der Waals surface area contributed by atoms with Crippen LogP contribution in [-0.2, 0) is 9.53 Å². The highest BCUT2D eigenvalue weighted by Crippen LogP contribution is 2.21. The van der Waals surface area contributed by atoms with Crippen LogP contribution in [0.2, 0.25) is 0 Å². The molecule has 0 aliphatic carbocycles. The van der Waals surface area contributed by atoms with Gasteiger partial charge in [0.25, 0.3) is 0 Å². The molecule has 0 aliphatic heterocycles. The number of rotatable bonds is 3. The van der Waals surface area contributed by atoms with Gasteiger partial charge in [0.05, 0.1) is 6.61 Å². The smallest absolute Gasteiger partial charge is 0.345 e. The quantitative estimate of drug-likeness (QED) is 0.723. The van der Waals surface area contributed by atoms with Crippen LogP contribution in [0.25, 0.3) is 0 Å². The third-order valence-corrected chi connectivity index (χ3v) is 1.85. The number of ether oxygens (including phenoxy) is 1. The first-order valence-electron chi connectivity index (χ1n) is 4.62. The van der Waals surface area contributed by atoms with E-state index in [1.807, 2.05) is 0 Å². The fraction of sp³-hybridized carbons (Fsp3) is 0.364. The molecule has 0 N–H and O–H groups in total. The van der Waals surface area contributed by atoms with Crippen molar-refractivity contribution in [2.45, 2.75) is 20.0 Å². The number of hydrogen-bond acceptors (Lipinski definition) is 2. The van der Waals surface area contributed by atoms with E-state index in [2.05, 4.69) is 4.74 Å². The Morgan fingerprint density at radius 1 is 1.47 bits per heavy atom. The molecule has 0 aliphatic rings. The number of esters is 1. The summed E-state index contributed by atoms with van der Waals surface area (Å²) in [6.45, 7) is 3.32. The van der Waals surface area contributed by atoms with E-state index < -0.39 is 18.0 Å². The molecule has 4 heteroatoms. The third-order valence-electron chi connectivity index (χ3n) is 1.85. The predicted octanol–water partition coefficient (Wildman–Crippen LogP) is 2.71. The predicted molar refractivity (Wildman–Crippen MR) is 51.6 cm³/mol. The maximum Gasteiger partial charge on any atom is 0.345 e. The van der Waals surface area contributed by atoms with Gasteiger partial charge in [-0.05, 0) is 31.5 Å². The van der Waals surface area contributed by atoms with Gasteiger partial charge >= 0.3 is 5.97 Å². The lowest BCUT2D eigenvalue weighted by Gasteiger charge is -2.08. The standard InChI is InChI=1S/C11H12F2O2/c1-3-15-11(14)10(13)8-4-7(2)5-9(12)6-8/h4-6,10H,3H2,1-2H3. The van der Waals surface area contributed by atoms with Gasteiger partial charge in [0.2, 0.25) is 6.17 Å². The van der Waals surface area contributed by atoms with Gasteiger partial charge in [0.1, 0.15) is 5.82 Å². The van der Waals surface area contributed by atoms with Crippen LogP contribution in [0.3, 0.4) is 0 Å². The van der Waals surface area contributed by atoms with Crippen molar-refractivity contribution < 1.29 is 18.3 Å². The molecule has 0 saturated carbocycles. The van der Waals surface area contributed by atoms with Crippen molar-refractivity contribution in [2.75, 3.05) is 6.61 Å². The third kappa shape index (κ3) is 3.01. The van der Waals surface area contributed by atoms with Crippen LogP contribution in [0.4, 0.5) is 8.78 Å². The number of benzene rings is 1. The van der Waals surface area contributed by atoms with Crippen LogP contribution >= 0.6 is 0 Å². The Labute approximate surface area is 86.9 Å². The van der Waals surface area contributed by atoms with Gasteiger partial charge in [-0.1, -0.05) is 6.07 Å². The highest BCUT2D eigenvalue weighted by Gasteiger charge is 2.21. The molecule has 2 nitrogen and oxygen atoms in total. The van der Waals surface area contributed by atoms with E-state index in [4.69, 9.17) is 0 Å². The van der Waals surface area contributed by atoms with Gasteiger partial charge < -0.3 is 4.74 Å². The molecule has 0 bridgehead atoms. The second kappa shape index (κ2) is 4.87. The maximum atomic E-state index is 13.4. The number of halogens is 2. The van der Waals surface area contributed by atoms with Crippen LogP contribution in [0.1, 0.15) is 24.2 Å². The van der Waals surface area contributed by atoms with Crippen molar-refractivity contribution in [3.8, 4) is 0 Å². The summed E-state index contributed by atoms with van der Waals surface area (Å²) in [5.41, 5.74) is 0.558. The summed E-state index contributed by atoms with van der Waals surface area (Å²) in [7, 11) is 0. The molecule has 0 fully saturated rings. The minimum absolute atomic E-state index is 0.00838. The van der Waals surface area contributed by atoms with Crippen LogP contribution in [0.5, 0.6) is 0 Å². The average molecular weight is 214 g/mol. The van der Waals surface area contributed by atoms with Crippen LogP contribution in [0.15, 0.2) is 18.2 Å². The molecule has 0 aromatic heterocycles. The number of alkyl halides is 1. The molecule has 1 aromatic rings. The lowest BCUT2D eigenvalue weighted by atomic mass is 10.1. The number of carbonyl (C=O) groups is 1. The molecule has 0 radical (unpaired) electrons. The second-order valence-corrected chi connectivity index (χ2v) is 3.18. The van der Waals surface area contributed by atoms with Crippen molar-refractivity contribution in [3.63, 3.8) is 0 Å². The van der Waals surface area contributed by atoms with Crippen molar-refractivity contribution in [2.24, 2.45) is 0 Å². The first kappa shape index (κ1) is 11.6. The Hall–Kier alpha value is -1.45. The van der Waals surface area contributed by atoms with Gasteiger partial charge in [-0.15, -0.1) is 0 Å². The highest BCUT2D eigenvalue weighted by atomic mass is 19.1. The molecule has 1 aromatic carbocycles. The molecule has 0 spiro atoms. The molecule has 1 rings (SSSR count). The lowest BCUT2D eigenvalue weighted by Crippen LogP contribution is -2.12. The zero-order chi connectivity index (χ0) is 11.4. The van der Waals surface area contributed by atoms with Gasteiger partial charge in [-0.25, -0.2) is 13.6 Å². The second-order valence-electron chi connectivity index (χ2n) is 3.18. The molecule has 15 heavy (non-hydrogen) atoms. The van der Waals surface area contributed by atoms with Crippen molar-refractivity contribution in [1.82, 2.24) is 0 Å². The summed E-state index contributed by atoms with van der Waals surface area (Å²) in [5, 5.41) is 0. The summed E-state index contributed by atoms with van der Waals surface area (Å²) in [6, 6.07) is 3.68. The van der Waals surface area contributed by atoms with Gasteiger partial charge in [-0.3, -0.25) is 0 Å². The molecular formula is C11H12F2O2. The Bertz CT molecular complexity index is 343. The Morgan fingerprint density at radius 3 is 2.67 bits per heavy atom. The largest absolute Gasteiger partial charge is 0.464 e. The van der Waals surface area contributed by atoms with E-state index in [9.17, 15) is 13.6 Å². The molecule has 0 amide bonds. The van der Waals surface area contributed by atoms with Gasteiger partial charge in [0, 0.05) is 5.56 Å². The van der Waals surface area contributed by atoms with E-state index in [0.717, 1.165) is 6.07 Å². The van der Waals surface area contributed by atoms with E-state index in [0.29, 0.717) is 5.56 Å². The van der Waals surface area contributed by atoms with E-state index in [1.165, 1.54) is 12.1 Å². The molecule has 1 unspecified atom stereocenters. The van der Waals surface area contributed by atoms with Crippen molar-refractivity contribution in [3.05, 3.63) is 35.1 Å². The van der Waals surface area contributed by atoms with Crippen molar-refractivity contribution in [1.29, 1.82) is 0 Å². The van der Waals surface area contributed by atoms with E-state index in [1.54, 1.807) is 13.8 Å². The number of aryl methyl sites for hydroxylation is 1. The summed E-state index contributed by atoms with van der Waals surface area (Å²) in [4.78, 5) is 11.0. The number of carbonyl (C=O) groups excluding carboxylic acids is 1. The minimum atomic E-state index is -1.92. The van der Waals surface area contributed by atoms with Crippen molar-refractivity contribution >= 4 is 5.97 Å². The first-order valence-corrected chi connectivity index (χ1v) is 4.62. The Kier molecular flexibility index (Phi) is 3.77. The zero-order valence-electron chi connectivity index (χ0n) is 8.59. The fourth-order valence-corrected chi connectivity index (χ4v) is 1.26. The Balaban J connectivity index is 2.90. The summed E-state index contributed by atoms with van der Waals surface area (Å²) in [6.07, 6.45) is -1.92. The fourth-order valence-electron chi connectivity index (χ4n) is 1.26. The van der Waals surface area contributed by atoms with Crippen LogP contribution < -0.4 is 0 Å². The topological polar surface area (TPSA) is 26.3 Å². The van der Waals surface area contributed by atoms with E-state index in [-0.39, 0.29) is 12.2 Å². The molecular weight excluding hydrogens is 202 g/mol. The number of hydrogen-bond donors (Lipinski definition) is 0.